The molecule has 25 heavy (non-hydrogen) atoms. The van der Waals surface area contributed by atoms with Gasteiger partial charge in [-0.2, -0.15) is 10.5 Å². The van der Waals surface area contributed by atoms with E-state index in [1.165, 1.54) is 13.2 Å². The predicted octanol–water partition coefficient (Wildman–Crippen LogP) is 2.80. The van der Waals surface area contributed by atoms with Gasteiger partial charge in [0, 0.05) is 5.56 Å². The summed E-state index contributed by atoms with van der Waals surface area (Å²) >= 11 is 0. The summed E-state index contributed by atoms with van der Waals surface area (Å²) in [6.07, 6.45) is 1.47. The molecular formula is C19H15N3O3. The molecule has 2 aromatic carbocycles. The number of nitrogens with zero attached hydrogens (tertiary/aromatic N) is 2. The Hall–Kier alpha value is -3.77. The van der Waals surface area contributed by atoms with Crippen molar-refractivity contribution >= 4 is 12.0 Å². The molecule has 2 aromatic rings. The fraction of sp³-hybridized carbons (Fsp3) is 0.105. The van der Waals surface area contributed by atoms with Crippen LogP contribution < -0.4 is 15.2 Å². The van der Waals surface area contributed by atoms with E-state index in [0.29, 0.717) is 22.6 Å². The smallest absolute Gasteiger partial charge is 0.252 e. The molecule has 0 atom stereocenters. The monoisotopic (exact) mass is 333 g/mol. The summed E-state index contributed by atoms with van der Waals surface area (Å²) in [5.41, 5.74) is 6.99. The van der Waals surface area contributed by atoms with Crippen LogP contribution >= 0.6 is 0 Å². The van der Waals surface area contributed by atoms with Crippen LogP contribution in [-0.4, -0.2) is 13.0 Å². The molecule has 6 heteroatoms. The summed E-state index contributed by atoms with van der Waals surface area (Å²) in [4.78, 5) is 11.4. The molecule has 2 rings (SSSR count). The number of carbonyl (C=O) groups is 1. The molecule has 0 radical (unpaired) electrons. The lowest BCUT2D eigenvalue weighted by Gasteiger charge is -2.13. The first-order chi connectivity index (χ1) is 12.1. The Morgan fingerprint density at radius 1 is 1.16 bits per heavy atom. The molecule has 0 aliphatic rings. The van der Waals surface area contributed by atoms with Gasteiger partial charge in [-0.1, -0.05) is 18.2 Å². The molecule has 0 fully saturated rings. The number of methoxy groups -OCH3 is 1. The Labute approximate surface area is 145 Å². The van der Waals surface area contributed by atoms with E-state index in [1.807, 2.05) is 12.1 Å². The van der Waals surface area contributed by atoms with Gasteiger partial charge in [0.2, 0.25) is 0 Å². The number of benzene rings is 2. The average molecular weight is 333 g/mol. The predicted molar refractivity (Wildman–Crippen MR) is 91.5 cm³/mol. The molecule has 0 bridgehead atoms. The second-order valence-corrected chi connectivity index (χ2v) is 5.00. The van der Waals surface area contributed by atoms with Gasteiger partial charge in [0.15, 0.2) is 0 Å². The van der Waals surface area contributed by atoms with E-state index in [9.17, 15) is 4.79 Å². The lowest BCUT2D eigenvalue weighted by atomic mass is 10.1. The van der Waals surface area contributed by atoms with Gasteiger partial charge < -0.3 is 15.2 Å². The Morgan fingerprint density at radius 2 is 1.88 bits per heavy atom. The lowest BCUT2D eigenvalue weighted by molar-refractivity contribution is 0.0996. The molecular weight excluding hydrogens is 318 g/mol. The first-order valence-electron chi connectivity index (χ1n) is 7.29. The first kappa shape index (κ1) is 17.6. The number of nitrogens with two attached hydrogens (primary N) is 1. The fourth-order valence-electron chi connectivity index (χ4n) is 2.21. The maximum absolute atomic E-state index is 11.4. The van der Waals surface area contributed by atoms with Crippen LogP contribution in [0.2, 0.25) is 0 Å². The highest BCUT2D eigenvalue weighted by atomic mass is 16.5. The van der Waals surface area contributed by atoms with Crippen molar-refractivity contribution in [3.05, 3.63) is 64.7 Å². The van der Waals surface area contributed by atoms with E-state index in [4.69, 9.17) is 25.7 Å². The molecule has 0 aromatic heterocycles. The molecule has 0 unspecified atom stereocenters. The number of hydrogen-bond donors (Lipinski definition) is 1. The number of carbonyl (C=O) groups excluding carboxylic acids is 1. The minimum Gasteiger partial charge on any atom is -0.496 e. The zero-order valence-corrected chi connectivity index (χ0v) is 13.5. The van der Waals surface area contributed by atoms with Crippen molar-refractivity contribution in [2.45, 2.75) is 6.61 Å². The quantitative estimate of drug-likeness (QED) is 0.817. The Kier molecular flexibility index (Phi) is 5.76. The van der Waals surface area contributed by atoms with E-state index in [2.05, 4.69) is 0 Å². The van der Waals surface area contributed by atoms with Gasteiger partial charge in [-0.25, -0.2) is 0 Å². The first-order valence-corrected chi connectivity index (χ1v) is 7.29. The van der Waals surface area contributed by atoms with Crippen LogP contribution in [0.5, 0.6) is 11.5 Å². The third kappa shape index (κ3) is 4.37. The molecule has 0 aliphatic carbocycles. The van der Waals surface area contributed by atoms with Gasteiger partial charge in [-0.05, 0) is 35.9 Å². The average Bonchev–Trinajstić information content (AvgIpc) is 2.64. The molecule has 124 valence electrons. The standard InChI is InChI=1S/C19H15N3O3/c1-24-17-7-6-13(8-14(10-20)11-21)9-15(17)12-25-18-5-3-2-4-16(18)19(22)23/h2-9H,12H2,1H3,(H2,22,23). The molecule has 2 N–H and O–H groups in total. The molecule has 6 nitrogen and oxygen atoms in total. The number of nitriles is 2. The third-order valence-electron chi connectivity index (χ3n) is 3.39. The fourth-order valence-corrected chi connectivity index (χ4v) is 2.21. The highest BCUT2D eigenvalue weighted by Crippen LogP contribution is 2.25. The molecule has 0 spiro atoms. The minimum absolute atomic E-state index is 0.00360. The number of allylic oxidation sites excluding steroid dienone is 1. The summed E-state index contributed by atoms with van der Waals surface area (Å²) in [5, 5.41) is 17.7. The number of ether oxygens (including phenoxy) is 2. The zero-order valence-electron chi connectivity index (χ0n) is 13.5. The van der Waals surface area contributed by atoms with Crippen molar-refractivity contribution in [3.8, 4) is 23.6 Å². The van der Waals surface area contributed by atoms with E-state index in [0.717, 1.165) is 0 Å². The summed E-state index contributed by atoms with van der Waals surface area (Å²) in [5.74, 6) is 0.379. The summed E-state index contributed by atoms with van der Waals surface area (Å²) in [7, 11) is 1.53. The van der Waals surface area contributed by atoms with E-state index >= 15 is 0 Å². The number of hydrogen-bond acceptors (Lipinski definition) is 5. The molecule has 0 saturated carbocycles. The van der Waals surface area contributed by atoms with Crippen molar-refractivity contribution in [2.75, 3.05) is 7.11 Å². The van der Waals surface area contributed by atoms with Crippen molar-refractivity contribution in [3.63, 3.8) is 0 Å². The van der Waals surface area contributed by atoms with Gasteiger partial charge in [-0.15, -0.1) is 0 Å². The normalized spacial score (nSPS) is 9.40. The van der Waals surface area contributed by atoms with E-state index < -0.39 is 5.91 Å². The van der Waals surface area contributed by atoms with Gasteiger partial charge >= 0.3 is 0 Å². The van der Waals surface area contributed by atoms with Crippen LogP contribution in [0.15, 0.2) is 48.0 Å². The Bertz CT molecular complexity index is 889. The topological polar surface area (TPSA) is 109 Å². The molecule has 0 heterocycles. The number of para-hydroxylation sites is 1. The second kappa shape index (κ2) is 8.19. The van der Waals surface area contributed by atoms with E-state index in [-0.39, 0.29) is 17.7 Å². The largest absolute Gasteiger partial charge is 0.496 e. The molecule has 0 aliphatic heterocycles. The SMILES string of the molecule is COc1ccc(C=C(C#N)C#N)cc1COc1ccccc1C(N)=O. The maximum atomic E-state index is 11.4. The van der Waals surface area contributed by atoms with Crippen molar-refractivity contribution < 1.29 is 14.3 Å². The van der Waals surface area contributed by atoms with Crippen molar-refractivity contribution in [2.24, 2.45) is 5.73 Å². The van der Waals surface area contributed by atoms with Gasteiger partial charge in [0.25, 0.3) is 5.91 Å². The Morgan fingerprint density at radius 3 is 2.52 bits per heavy atom. The maximum Gasteiger partial charge on any atom is 0.252 e. The van der Waals surface area contributed by atoms with Gasteiger partial charge in [-0.3, -0.25) is 4.79 Å². The van der Waals surface area contributed by atoms with E-state index in [1.54, 1.807) is 42.5 Å². The van der Waals surface area contributed by atoms with Crippen LogP contribution in [0, 0.1) is 22.7 Å². The summed E-state index contributed by atoms with van der Waals surface area (Å²) in [6, 6.07) is 15.5. The molecule has 1 amide bonds. The number of amides is 1. The van der Waals surface area contributed by atoms with Crippen LogP contribution in [0.1, 0.15) is 21.5 Å². The zero-order chi connectivity index (χ0) is 18.2. The van der Waals surface area contributed by atoms with Crippen molar-refractivity contribution in [1.82, 2.24) is 0 Å². The lowest BCUT2D eigenvalue weighted by Crippen LogP contribution is -2.13. The van der Waals surface area contributed by atoms with Crippen LogP contribution in [0.25, 0.3) is 6.08 Å². The third-order valence-corrected chi connectivity index (χ3v) is 3.39. The molecule has 0 saturated heterocycles. The van der Waals surface area contributed by atoms with Gasteiger partial charge in [0.1, 0.15) is 35.8 Å². The highest BCUT2D eigenvalue weighted by molar-refractivity contribution is 5.95. The van der Waals surface area contributed by atoms with Crippen LogP contribution in [-0.2, 0) is 6.61 Å². The summed E-state index contributed by atoms with van der Waals surface area (Å²) in [6.45, 7) is 0.129. The Balaban J connectivity index is 2.30. The number of primary amides is 1. The van der Waals surface area contributed by atoms with Gasteiger partial charge in [0.05, 0.1) is 12.7 Å². The minimum atomic E-state index is -0.577. The van der Waals surface area contributed by atoms with Crippen molar-refractivity contribution in [1.29, 1.82) is 10.5 Å². The van der Waals surface area contributed by atoms with Crippen LogP contribution in [0.3, 0.4) is 0 Å². The highest BCUT2D eigenvalue weighted by Gasteiger charge is 2.10. The second-order valence-electron chi connectivity index (χ2n) is 5.00. The number of rotatable bonds is 6. The van der Waals surface area contributed by atoms with Crippen LogP contribution in [0.4, 0.5) is 0 Å². The summed E-state index contributed by atoms with van der Waals surface area (Å²) < 4.78 is 11.0.